The molecular weight excluding hydrogens is 277 g/mol. The molecule has 0 aliphatic carbocycles. The summed E-state index contributed by atoms with van der Waals surface area (Å²) < 4.78 is 22.6. The fourth-order valence-corrected chi connectivity index (χ4v) is 1.56. The minimum absolute atomic E-state index is 0.144. The monoisotopic (exact) mass is 295 g/mol. The van der Waals surface area contributed by atoms with Crippen molar-refractivity contribution in [2.45, 2.75) is 20.8 Å². The van der Waals surface area contributed by atoms with Crippen molar-refractivity contribution in [1.82, 2.24) is 0 Å². The van der Waals surface area contributed by atoms with Crippen LogP contribution in [0.3, 0.4) is 0 Å². The third-order valence-electron chi connectivity index (χ3n) is 2.55. The van der Waals surface area contributed by atoms with E-state index >= 15 is 0 Å². The first-order chi connectivity index (χ1) is 9.99. The fourth-order valence-electron chi connectivity index (χ4n) is 1.56. The second-order valence-corrected chi connectivity index (χ2v) is 4.10. The van der Waals surface area contributed by atoms with Gasteiger partial charge in [0.05, 0.1) is 13.2 Å². The molecule has 1 N–H and O–H groups in total. The van der Waals surface area contributed by atoms with Gasteiger partial charge >= 0.3 is 11.9 Å². The van der Waals surface area contributed by atoms with Gasteiger partial charge in [0.1, 0.15) is 5.82 Å². The number of carbonyl (C=O) groups excluding carboxylic acids is 2. The molecular formula is C15H18FNO4. The fraction of sp³-hybridized carbons (Fsp3) is 0.333. The van der Waals surface area contributed by atoms with Gasteiger partial charge in [-0.05, 0) is 44.5 Å². The quantitative estimate of drug-likeness (QED) is 0.378. The zero-order chi connectivity index (χ0) is 15.8. The lowest BCUT2D eigenvalue weighted by atomic mass is 10.2. The molecule has 1 aromatic rings. The highest BCUT2D eigenvalue weighted by atomic mass is 19.1. The van der Waals surface area contributed by atoms with Crippen LogP contribution in [0.4, 0.5) is 10.1 Å². The molecule has 0 spiro atoms. The van der Waals surface area contributed by atoms with E-state index in [0.717, 1.165) is 0 Å². The maximum atomic E-state index is 13.0. The van der Waals surface area contributed by atoms with Crippen LogP contribution in [0.2, 0.25) is 0 Å². The van der Waals surface area contributed by atoms with Crippen molar-refractivity contribution in [3.63, 3.8) is 0 Å². The van der Waals surface area contributed by atoms with Crippen molar-refractivity contribution in [3.8, 4) is 0 Å². The number of rotatable bonds is 6. The molecule has 5 nitrogen and oxygen atoms in total. The molecule has 0 unspecified atom stereocenters. The maximum absolute atomic E-state index is 13.0. The van der Waals surface area contributed by atoms with Crippen LogP contribution in [0.15, 0.2) is 30.0 Å². The number of hydrogen-bond donors (Lipinski definition) is 1. The van der Waals surface area contributed by atoms with E-state index < -0.39 is 11.9 Å². The van der Waals surface area contributed by atoms with Gasteiger partial charge in [0.2, 0.25) is 0 Å². The standard InChI is InChI=1S/C15H18FNO4/c1-4-20-14(18)12(15(19)21-5-2)9-17-13-7-6-11(16)8-10(13)3/h6-9,17H,4-5H2,1-3H3. The Hall–Kier alpha value is -2.37. The molecule has 0 amide bonds. The normalized spacial score (nSPS) is 9.71. The van der Waals surface area contributed by atoms with Crippen molar-refractivity contribution in [3.05, 3.63) is 41.4 Å². The van der Waals surface area contributed by atoms with Crippen molar-refractivity contribution in [2.75, 3.05) is 18.5 Å². The number of anilines is 1. The zero-order valence-electron chi connectivity index (χ0n) is 12.2. The van der Waals surface area contributed by atoms with Crippen LogP contribution in [0.5, 0.6) is 0 Å². The van der Waals surface area contributed by atoms with Gasteiger partial charge in [0.15, 0.2) is 5.57 Å². The van der Waals surface area contributed by atoms with Crippen molar-refractivity contribution >= 4 is 17.6 Å². The lowest BCUT2D eigenvalue weighted by Gasteiger charge is -2.09. The molecule has 0 saturated heterocycles. The van der Waals surface area contributed by atoms with Gasteiger partial charge in [0.25, 0.3) is 0 Å². The molecule has 1 aromatic carbocycles. The first kappa shape index (κ1) is 16.7. The Bertz CT molecular complexity index is 535. The molecule has 0 fully saturated rings. The van der Waals surface area contributed by atoms with E-state index in [1.165, 1.54) is 24.4 Å². The van der Waals surface area contributed by atoms with Gasteiger partial charge in [-0.3, -0.25) is 0 Å². The van der Waals surface area contributed by atoms with E-state index in [2.05, 4.69) is 5.32 Å². The molecule has 0 atom stereocenters. The lowest BCUT2D eigenvalue weighted by Crippen LogP contribution is -2.19. The number of ether oxygens (including phenoxy) is 2. The molecule has 0 aliphatic rings. The van der Waals surface area contributed by atoms with Gasteiger partial charge < -0.3 is 14.8 Å². The number of esters is 2. The summed E-state index contributed by atoms with van der Waals surface area (Å²) in [5.41, 5.74) is 0.961. The van der Waals surface area contributed by atoms with Crippen LogP contribution in [0.1, 0.15) is 19.4 Å². The zero-order valence-corrected chi connectivity index (χ0v) is 12.2. The Morgan fingerprint density at radius 2 is 1.76 bits per heavy atom. The van der Waals surface area contributed by atoms with Crippen LogP contribution < -0.4 is 5.32 Å². The van der Waals surface area contributed by atoms with E-state index in [1.807, 2.05) is 0 Å². The van der Waals surface area contributed by atoms with Gasteiger partial charge in [-0.1, -0.05) is 0 Å². The van der Waals surface area contributed by atoms with Gasteiger partial charge in [0, 0.05) is 11.9 Å². The van der Waals surface area contributed by atoms with Crippen molar-refractivity contribution < 1.29 is 23.5 Å². The summed E-state index contributed by atoms with van der Waals surface area (Å²) in [4.78, 5) is 23.5. The van der Waals surface area contributed by atoms with Crippen LogP contribution in [-0.2, 0) is 19.1 Å². The largest absolute Gasteiger partial charge is 0.462 e. The third kappa shape index (κ3) is 4.91. The minimum atomic E-state index is -0.775. The Balaban J connectivity index is 2.96. The molecule has 1 rings (SSSR count). The van der Waals surface area contributed by atoms with E-state index in [-0.39, 0.29) is 24.6 Å². The molecule has 21 heavy (non-hydrogen) atoms. The highest BCUT2D eigenvalue weighted by molar-refractivity contribution is 6.14. The van der Waals surface area contributed by atoms with Crippen LogP contribution in [0, 0.1) is 12.7 Å². The average molecular weight is 295 g/mol. The first-order valence-corrected chi connectivity index (χ1v) is 6.56. The second-order valence-electron chi connectivity index (χ2n) is 4.10. The second kappa shape index (κ2) is 8.04. The molecule has 0 saturated carbocycles. The van der Waals surface area contributed by atoms with E-state index in [4.69, 9.17) is 9.47 Å². The number of nitrogens with one attached hydrogen (secondary N) is 1. The number of carbonyl (C=O) groups is 2. The number of benzene rings is 1. The lowest BCUT2D eigenvalue weighted by molar-refractivity contribution is -0.146. The molecule has 0 heterocycles. The molecule has 114 valence electrons. The number of halogens is 1. The predicted molar refractivity (Wildman–Crippen MR) is 76.1 cm³/mol. The van der Waals surface area contributed by atoms with Crippen LogP contribution >= 0.6 is 0 Å². The average Bonchev–Trinajstić information content (AvgIpc) is 2.41. The molecule has 6 heteroatoms. The predicted octanol–water partition coefficient (Wildman–Crippen LogP) is 2.56. The van der Waals surface area contributed by atoms with Crippen LogP contribution in [0.25, 0.3) is 0 Å². The summed E-state index contributed by atoms with van der Waals surface area (Å²) in [7, 11) is 0. The topological polar surface area (TPSA) is 64.6 Å². The summed E-state index contributed by atoms with van der Waals surface area (Å²) in [5.74, 6) is -1.91. The van der Waals surface area contributed by atoms with Gasteiger partial charge in [-0.25, -0.2) is 14.0 Å². The Morgan fingerprint density at radius 1 is 1.19 bits per heavy atom. The van der Waals surface area contributed by atoms with E-state index in [1.54, 1.807) is 20.8 Å². The molecule has 0 aromatic heterocycles. The smallest absolute Gasteiger partial charge is 0.347 e. The number of aryl methyl sites for hydroxylation is 1. The SMILES string of the molecule is CCOC(=O)C(=CNc1ccc(F)cc1C)C(=O)OCC. The third-order valence-corrected chi connectivity index (χ3v) is 2.55. The summed E-state index contributed by atoms with van der Waals surface area (Å²) in [5, 5.41) is 2.79. The van der Waals surface area contributed by atoms with Gasteiger partial charge in [-0.2, -0.15) is 0 Å². The summed E-state index contributed by atoms with van der Waals surface area (Å²) >= 11 is 0. The van der Waals surface area contributed by atoms with E-state index in [0.29, 0.717) is 11.3 Å². The van der Waals surface area contributed by atoms with Gasteiger partial charge in [-0.15, -0.1) is 0 Å². The Kier molecular flexibility index (Phi) is 6.39. The maximum Gasteiger partial charge on any atom is 0.347 e. The van der Waals surface area contributed by atoms with Crippen LogP contribution in [-0.4, -0.2) is 25.2 Å². The van der Waals surface area contributed by atoms with Crippen molar-refractivity contribution in [2.24, 2.45) is 0 Å². The highest BCUT2D eigenvalue weighted by Crippen LogP contribution is 2.16. The Morgan fingerprint density at radius 3 is 2.24 bits per heavy atom. The molecule has 0 radical (unpaired) electrons. The summed E-state index contributed by atoms with van der Waals surface area (Å²) in [6.07, 6.45) is 1.20. The van der Waals surface area contributed by atoms with Crippen molar-refractivity contribution in [1.29, 1.82) is 0 Å². The number of hydrogen-bond acceptors (Lipinski definition) is 5. The first-order valence-electron chi connectivity index (χ1n) is 6.56. The Labute approximate surface area is 122 Å². The molecule has 0 aliphatic heterocycles. The summed E-state index contributed by atoms with van der Waals surface area (Å²) in [6, 6.07) is 4.12. The minimum Gasteiger partial charge on any atom is -0.462 e. The summed E-state index contributed by atoms with van der Waals surface area (Å²) in [6.45, 7) is 5.26. The molecule has 0 bridgehead atoms. The highest BCUT2D eigenvalue weighted by Gasteiger charge is 2.20. The van der Waals surface area contributed by atoms with E-state index in [9.17, 15) is 14.0 Å².